The lowest BCUT2D eigenvalue weighted by molar-refractivity contribution is -0.137. The van der Waals surface area contributed by atoms with Gasteiger partial charge in [-0.2, -0.15) is 4.98 Å². The van der Waals surface area contributed by atoms with Crippen molar-refractivity contribution in [2.24, 2.45) is 5.92 Å². The number of hydrogen-bond donors (Lipinski definition) is 0. The molecule has 0 unspecified atom stereocenters. The molecule has 0 N–H and O–H groups in total. The van der Waals surface area contributed by atoms with Gasteiger partial charge in [-0.25, -0.2) is 0 Å². The first-order chi connectivity index (χ1) is 13.3. The molecule has 0 radical (unpaired) electrons. The quantitative estimate of drug-likeness (QED) is 0.668. The number of ether oxygens (including phenoxy) is 1. The van der Waals surface area contributed by atoms with Crippen LogP contribution in [0.5, 0.6) is 0 Å². The molecule has 2 aromatic rings. The van der Waals surface area contributed by atoms with Crippen LogP contribution in [-0.4, -0.2) is 40.6 Å². The van der Waals surface area contributed by atoms with Gasteiger partial charge in [-0.3, -0.25) is 4.79 Å². The first-order valence-electron chi connectivity index (χ1n) is 10.00. The number of nitrogens with zero attached hydrogens (tertiary/aromatic N) is 3. The number of aromatic nitrogens is 2. The number of carbonyl (C=O) groups is 1. The number of amides is 1. The SMILES string of the molecule is O=C(CC1CCCC1)N1CC(c2nc(CCOCc3ccccc3)no2)C1. The Hall–Kier alpha value is -2.21. The summed E-state index contributed by atoms with van der Waals surface area (Å²) >= 11 is 0. The topological polar surface area (TPSA) is 68.5 Å². The van der Waals surface area contributed by atoms with Gasteiger partial charge in [0.05, 0.1) is 19.1 Å². The van der Waals surface area contributed by atoms with Gasteiger partial charge >= 0.3 is 0 Å². The smallest absolute Gasteiger partial charge is 0.233 e. The van der Waals surface area contributed by atoms with Gasteiger partial charge in [0.2, 0.25) is 11.8 Å². The van der Waals surface area contributed by atoms with Crippen LogP contribution in [0, 0.1) is 5.92 Å². The molecule has 2 heterocycles. The summed E-state index contributed by atoms with van der Waals surface area (Å²) in [5, 5.41) is 4.05. The minimum absolute atomic E-state index is 0.184. The molecule has 2 aliphatic rings. The predicted molar refractivity (Wildman–Crippen MR) is 100.0 cm³/mol. The zero-order valence-corrected chi connectivity index (χ0v) is 15.7. The summed E-state index contributed by atoms with van der Waals surface area (Å²) in [6, 6.07) is 10.1. The van der Waals surface area contributed by atoms with E-state index in [1.165, 1.54) is 25.7 Å². The van der Waals surface area contributed by atoms with E-state index in [4.69, 9.17) is 9.26 Å². The highest BCUT2D eigenvalue weighted by molar-refractivity contribution is 5.77. The molecule has 0 atom stereocenters. The van der Waals surface area contributed by atoms with Gasteiger partial charge in [-0.15, -0.1) is 0 Å². The van der Waals surface area contributed by atoms with Gasteiger partial charge in [0.15, 0.2) is 5.82 Å². The Morgan fingerprint density at radius 1 is 1.19 bits per heavy atom. The van der Waals surface area contributed by atoms with E-state index in [0.29, 0.717) is 56.8 Å². The Balaban J connectivity index is 1.16. The number of hydrogen-bond acceptors (Lipinski definition) is 5. The highest BCUT2D eigenvalue weighted by atomic mass is 16.5. The van der Waals surface area contributed by atoms with Crippen molar-refractivity contribution in [1.82, 2.24) is 15.0 Å². The third kappa shape index (κ3) is 4.75. The van der Waals surface area contributed by atoms with Crippen LogP contribution in [0.25, 0.3) is 0 Å². The van der Waals surface area contributed by atoms with Crippen LogP contribution in [0.15, 0.2) is 34.9 Å². The van der Waals surface area contributed by atoms with Crippen molar-refractivity contribution in [2.75, 3.05) is 19.7 Å². The van der Waals surface area contributed by atoms with E-state index in [1.54, 1.807) is 0 Å². The first-order valence-corrected chi connectivity index (χ1v) is 10.00. The molecular formula is C21H27N3O3. The third-order valence-electron chi connectivity index (χ3n) is 5.59. The molecule has 2 fully saturated rings. The average Bonchev–Trinajstić information content (AvgIpc) is 3.31. The Kier molecular flexibility index (Phi) is 5.82. The lowest BCUT2D eigenvalue weighted by Gasteiger charge is -2.37. The molecule has 27 heavy (non-hydrogen) atoms. The van der Waals surface area contributed by atoms with Crippen LogP contribution in [0.3, 0.4) is 0 Å². The number of carbonyl (C=O) groups excluding carboxylic acids is 1. The number of rotatable bonds is 8. The summed E-state index contributed by atoms with van der Waals surface area (Å²) in [5.41, 5.74) is 1.16. The summed E-state index contributed by atoms with van der Waals surface area (Å²) in [6.45, 7) is 2.56. The maximum Gasteiger partial charge on any atom is 0.233 e. The van der Waals surface area contributed by atoms with E-state index in [0.717, 1.165) is 5.56 Å². The van der Waals surface area contributed by atoms with E-state index in [2.05, 4.69) is 10.1 Å². The molecule has 0 spiro atoms. The van der Waals surface area contributed by atoms with Crippen molar-refractivity contribution in [2.45, 2.75) is 51.0 Å². The summed E-state index contributed by atoms with van der Waals surface area (Å²) in [7, 11) is 0. The number of likely N-dealkylation sites (tertiary alicyclic amines) is 1. The van der Waals surface area contributed by atoms with Crippen molar-refractivity contribution in [3.63, 3.8) is 0 Å². The normalized spacial score (nSPS) is 18.0. The lowest BCUT2D eigenvalue weighted by Crippen LogP contribution is -2.48. The van der Waals surface area contributed by atoms with Crippen LogP contribution in [0.4, 0.5) is 0 Å². The van der Waals surface area contributed by atoms with Gasteiger partial charge in [-0.1, -0.05) is 48.3 Å². The fourth-order valence-electron chi connectivity index (χ4n) is 3.89. The van der Waals surface area contributed by atoms with Gasteiger partial charge in [0.25, 0.3) is 0 Å². The summed E-state index contributed by atoms with van der Waals surface area (Å²) in [4.78, 5) is 18.7. The Morgan fingerprint density at radius 2 is 1.96 bits per heavy atom. The molecular weight excluding hydrogens is 342 g/mol. The molecule has 1 aromatic heterocycles. The van der Waals surface area contributed by atoms with Crippen LogP contribution < -0.4 is 0 Å². The van der Waals surface area contributed by atoms with Crippen LogP contribution in [0.1, 0.15) is 55.3 Å². The second kappa shape index (κ2) is 8.65. The van der Waals surface area contributed by atoms with Crippen molar-refractivity contribution in [3.05, 3.63) is 47.6 Å². The monoisotopic (exact) mass is 369 g/mol. The van der Waals surface area contributed by atoms with Crippen molar-refractivity contribution in [3.8, 4) is 0 Å². The second-order valence-electron chi connectivity index (χ2n) is 7.69. The van der Waals surface area contributed by atoms with Gasteiger partial charge in [0.1, 0.15) is 0 Å². The molecule has 1 aliphatic carbocycles. The summed E-state index contributed by atoms with van der Waals surface area (Å²) < 4.78 is 11.1. The van der Waals surface area contributed by atoms with Gasteiger partial charge < -0.3 is 14.2 Å². The standard InChI is InChI=1S/C21H27N3O3/c25-20(12-16-6-4-5-7-16)24-13-18(14-24)21-22-19(23-27-21)10-11-26-15-17-8-2-1-3-9-17/h1-3,8-9,16,18H,4-7,10-15H2. The highest BCUT2D eigenvalue weighted by Crippen LogP contribution is 2.31. The number of benzene rings is 1. The molecule has 1 saturated carbocycles. The molecule has 0 bridgehead atoms. The minimum Gasteiger partial charge on any atom is -0.376 e. The molecule has 6 heteroatoms. The van der Waals surface area contributed by atoms with Crippen molar-refractivity contribution < 1.29 is 14.1 Å². The molecule has 1 aromatic carbocycles. The minimum atomic E-state index is 0.184. The van der Waals surface area contributed by atoms with Crippen LogP contribution >= 0.6 is 0 Å². The Labute approximate surface area is 159 Å². The van der Waals surface area contributed by atoms with Crippen LogP contribution in [-0.2, 0) is 22.6 Å². The van der Waals surface area contributed by atoms with Crippen LogP contribution in [0.2, 0.25) is 0 Å². The zero-order valence-electron chi connectivity index (χ0n) is 15.7. The fourth-order valence-corrected chi connectivity index (χ4v) is 3.89. The third-order valence-corrected chi connectivity index (χ3v) is 5.59. The summed E-state index contributed by atoms with van der Waals surface area (Å²) in [5.74, 6) is 2.39. The molecule has 1 saturated heterocycles. The Morgan fingerprint density at radius 3 is 2.74 bits per heavy atom. The largest absolute Gasteiger partial charge is 0.376 e. The van der Waals surface area contributed by atoms with Crippen molar-refractivity contribution >= 4 is 5.91 Å². The zero-order chi connectivity index (χ0) is 18.5. The van der Waals surface area contributed by atoms with Crippen molar-refractivity contribution in [1.29, 1.82) is 0 Å². The van der Waals surface area contributed by atoms with E-state index >= 15 is 0 Å². The van der Waals surface area contributed by atoms with E-state index < -0.39 is 0 Å². The van der Waals surface area contributed by atoms with E-state index in [9.17, 15) is 4.79 Å². The van der Waals surface area contributed by atoms with Gasteiger partial charge in [-0.05, 0) is 24.3 Å². The lowest BCUT2D eigenvalue weighted by atomic mass is 9.97. The van der Waals surface area contributed by atoms with E-state index in [-0.39, 0.29) is 11.8 Å². The maximum absolute atomic E-state index is 12.3. The Bertz CT molecular complexity index is 734. The average molecular weight is 369 g/mol. The molecule has 1 amide bonds. The van der Waals surface area contributed by atoms with E-state index in [1.807, 2.05) is 35.2 Å². The highest BCUT2D eigenvalue weighted by Gasteiger charge is 2.36. The first kappa shape index (κ1) is 18.2. The maximum atomic E-state index is 12.3. The second-order valence-corrected chi connectivity index (χ2v) is 7.69. The summed E-state index contributed by atoms with van der Waals surface area (Å²) in [6.07, 6.45) is 6.32. The molecule has 6 nitrogen and oxygen atoms in total. The predicted octanol–water partition coefficient (Wildman–Crippen LogP) is 3.34. The molecule has 1 aliphatic heterocycles. The fraction of sp³-hybridized carbons (Fsp3) is 0.571. The van der Waals surface area contributed by atoms with Gasteiger partial charge in [0, 0.05) is 25.9 Å². The molecule has 144 valence electrons. The molecule has 4 rings (SSSR count).